The van der Waals surface area contributed by atoms with E-state index < -0.39 is 17.5 Å². The van der Waals surface area contributed by atoms with E-state index in [0.29, 0.717) is 46.7 Å². The standard InChI is InChI=1S/C33H29F2N9O3/c1-43(32-24(5-4-12-36-32)33(45)38-16-20-6-10-26(34)27(35)13-20)30-18-44(42-41-30)22-8-11-28-25(14-22)31(40-19-39-28)37-17-21-7-9-23(46-2)15-29(21)47-3/h4-15,18-19H,16-17H2,1-3H3,(H,38,45)(H,37,39,40). The molecule has 0 unspecified atom stereocenters. The van der Waals surface area contributed by atoms with Crippen LogP contribution in [0.5, 0.6) is 11.5 Å². The lowest BCUT2D eigenvalue weighted by atomic mass is 10.1. The van der Waals surface area contributed by atoms with Gasteiger partial charge in [0.05, 0.1) is 37.2 Å². The number of nitrogens with zero attached hydrogens (tertiary/aromatic N) is 7. The molecule has 0 aliphatic heterocycles. The van der Waals surface area contributed by atoms with Gasteiger partial charge in [-0.2, -0.15) is 0 Å². The number of anilines is 3. The predicted octanol–water partition coefficient (Wildman–Crippen LogP) is 5.21. The molecule has 14 heteroatoms. The molecule has 6 rings (SSSR count). The maximum atomic E-state index is 13.6. The predicted molar refractivity (Wildman–Crippen MR) is 171 cm³/mol. The first kappa shape index (κ1) is 30.8. The summed E-state index contributed by atoms with van der Waals surface area (Å²) in [6, 6.07) is 18.0. The van der Waals surface area contributed by atoms with Crippen LogP contribution in [0, 0.1) is 11.6 Å². The van der Waals surface area contributed by atoms with Gasteiger partial charge in [-0.15, -0.1) is 5.10 Å². The van der Waals surface area contributed by atoms with Gasteiger partial charge in [-0.1, -0.05) is 11.3 Å². The second-order valence-corrected chi connectivity index (χ2v) is 10.3. The van der Waals surface area contributed by atoms with E-state index in [4.69, 9.17) is 9.47 Å². The molecule has 238 valence electrons. The fourth-order valence-corrected chi connectivity index (χ4v) is 4.92. The molecule has 1 amide bonds. The molecule has 3 aromatic heterocycles. The Morgan fingerprint density at radius 1 is 0.936 bits per heavy atom. The number of amides is 1. The number of benzene rings is 3. The lowest BCUT2D eigenvalue weighted by molar-refractivity contribution is 0.0951. The number of ether oxygens (including phenoxy) is 2. The van der Waals surface area contributed by atoms with Crippen LogP contribution in [0.2, 0.25) is 0 Å². The summed E-state index contributed by atoms with van der Waals surface area (Å²) in [5.74, 6) is 0.377. The second kappa shape index (κ2) is 13.4. The molecule has 3 aromatic carbocycles. The molecule has 0 aliphatic rings. The van der Waals surface area contributed by atoms with Crippen LogP contribution in [0.25, 0.3) is 16.6 Å². The Labute approximate surface area is 268 Å². The lowest BCUT2D eigenvalue weighted by Crippen LogP contribution is -2.26. The number of hydrogen-bond acceptors (Lipinski definition) is 10. The van der Waals surface area contributed by atoms with E-state index in [0.717, 1.165) is 28.6 Å². The Bertz CT molecular complexity index is 2070. The van der Waals surface area contributed by atoms with Crippen LogP contribution in [-0.2, 0) is 13.1 Å². The molecule has 0 radical (unpaired) electrons. The minimum Gasteiger partial charge on any atom is -0.497 e. The molecule has 0 spiro atoms. The molecular formula is C33H29F2N9O3. The van der Waals surface area contributed by atoms with Gasteiger partial charge in [0.25, 0.3) is 5.91 Å². The van der Waals surface area contributed by atoms with E-state index in [9.17, 15) is 13.6 Å². The fraction of sp³-hybridized carbons (Fsp3) is 0.152. The van der Waals surface area contributed by atoms with Crippen LogP contribution in [0.15, 0.2) is 85.5 Å². The summed E-state index contributed by atoms with van der Waals surface area (Å²) in [7, 11) is 4.93. The summed E-state index contributed by atoms with van der Waals surface area (Å²) >= 11 is 0. The van der Waals surface area contributed by atoms with E-state index in [2.05, 4.69) is 35.9 Å². The van der Waals surface area contributed by atoms with Crippen molar-refractivity contribution in [2.75, 3.05) is 31.5 Å². The number of hydrogen-bond donors (Lipinski definition) is 2. The maximum Gasteiger partial charge on any atom is 0.255 e. The number of carbonyl (C=O) groups is 1. The van der Waals surface area contributed by atoms with Crippen LogP contribution < -0.4 is 25.0 Å². The van der Waals surface area contributed by atoms with Crippen molar-refractivity contribution in [1.29, 1.82) is 0 Å². The van der Waals surface area contributed by atoms with Gasteiger partial charge in [-0.3, -0.25) is 4.79 Å². The summed E-state index contributed by atoms with van der Waals surface area (Å²) in [6.07, 6.45) is 4.76. The highest BCUT2D eigenvalue weighted by molar-refractivity contribution is 5.99. The second-order valence-electron chi connectivity index (χ2n) is 10.3. The van der Waals surface area contributed by atoms with Crippen molar-refractivity contribution in [3.63, 3.8) is 0 Å². The molecular weight excluding hydrogens is 608 g/mol. The molecule has 0 aliphatic carbocycles. The van der Waals surface area contributed by atoms with Crippen molar-refractivity contribution in [3.05, 3.63) is 114 Å². The molecule has 0 fully saturated rings. The highest BCUT2D eigenvalue weighted by Gasteiger charge is 2.19. The third kappa shape index (κ3) is 6.61. The van der Waals surface area contributed by atoms with Gasteiger partial charge in [-0.25, -0.2) is 28.4 Å². The number of halogens is 2. The van der Waals surface area contributed by atoms with Gasteiger partial charge in [0, 0.05) is 43.4 Å². The summed E-state index contributed by atoms with van der Waals surface area (Å²) < 4.78 is 39.3. The monoisotopic (exact) mass is 637 g/mol. The first-order valence-electron chi connectivity index (χ1n) is 14.4. The number of pyridine rings is 1. The Hall–Kier alpha value is -6.18. The molecule has 6 aromatic rings. The normalized spacial score (nSPS) is 10.9. The largest absolute Gasteiger partial charge is 0.497 e. The van der Waals surface area contributed by atoms with Gasteiger partial charge >= 0.3 is 0 Å². The molecule has 12 nitrogen and oxygen atoms in total. The molecule has 47 heavy (non-hydrogen) atoms. The minimum atomic E-state index is -0.984. The van der Waals surface area contributed by atoms with E-state index in [1.165, 1.54) is 12.4 Å². The quantitative estimate of drug-likeness (QED) is 0.195. The Morgan fingerprint density at radius 2 is 1.81 bits per heavy atom. The summed E-state index contributed by atoms with van der Waals surface area (Å²) in [5.41, 5.74) is 3.04. The zero-order valence-corrected chi connectivity index (χ0v) is 25.6. The zero-order chi connectivity index (χ0) is 32.9. The van der Waals surface area contributed by atoms with Crippen LogP contribution >= 0.6 is 0 Å². The van der Waals surface area contributed by atoms with Crippen molar-refractivity contribution in [3.8, 4) is 17.2 Å². The van der Waals surface area contributed by atoms with Crippen LogP contribution in [-0.4, -0.2) is 57.1 Å². The SMILES string of the molecule is COc1ccc(CNc2ncnc3ccc(-n4cc(N(C)c5ncccc5C(=O)NCc5ccc(F)c(F)c5)nn4)cc23)c(OC)c1. The lowest BCUT2D eigenvalue weighted by Gasteiger charge is -2.18. The minimum absolute atomic E-state index is 0.000425. The first-order chi connectivity index (χ1) is 22.8. The number of carbonyl (C=O) groups excluding carboxylic acids is 1. The van der Waals surface area contributed by atoms with Crippen molar-refractivity contribution < 1.29 is 23.0 Å². The van der Waals surface area contributed by atoms with E-state index >= 15 is 0 Å². The molecule has 2 N–H and O–H groups in total. The Kier molecular flexibility index (Phi) is 8.82. The smallest absolute Gasteiger partial charge is 0.255 e. The van der Waals surface area contributed by atoms with Crippen molar-refractivity contribution >= 4 is 34.3 Å². The van der Waals surface area contributed by atoms with Crippen molar-refractivity contribution in [2.45, 2.75) is 13.1 Å². The third-order valence-electron chi connectivity index (χ3n) is 7.44. The van der Waals surface area contributed by atoms with Gasteiger partial charge in [0.1, 0.15) is 29.5 Å². The number of nitrogens with one attached hydrogen (secondary N) is 2. The van der Waals surface area contributed by atoms with Crippen LogP contribution in [0.4, 0.5) is 26.2 Å². The van der Waals surface area contributed by atoms with Crippen molar-refractivity contribution in [1.82, 2.24) is 35.3 Å². The highest BCUT2D eigenvalue weighted by atomic mass is 19.2. The summed E-state index contributed by atoms with van der Waals surface area (Å²) in [4.78, 5) is 28.0. The van der Waals surface area contributed by atoms with Gasteiger partial charge < -0.3 is 25.0 Å². The average Bonchev–Trinajstić information content (AvgIpc) is 3.61. The summed E-state index contributed by atoms with van der Waals surface area (Å²) in [6.45, 7) is 0.447. The van der Waals surface area contributed by atoms with Crippen LogP contribution in [0.1, 0.15) is 21.5 Å². The number of methoxy groups -OCH3 is 2. The zero-order valence-electron chi connectivity index (χ0n) is 25.6. The fourth-order valence-electron chi connectivity index (χ4n) is 4.92. The van der Waals surface area contributed by atoms with E-state index in [1.807, 2.05) is 36.4 Å². The molecule has 0 saturated heterocycles. The topological polar surface area (TPSA) is 132 Å². The average molecular weight is 638 g/mol. The van der Waals surface area contributed by atoms with Gasteiger partial charge in [0.2, 0.25) is 0 Å². The summed E-state index contributed by atoms with van der Waals surface area (Å²) in [5, 5.41) is 15.5. The number of fused-ring (bicyclic) bond motifs is 1. The molecule has 0 bridgehead atoms. The molecule has 0 saturated carbocycles. The first-order valence-corrected chi connectivity index (χ1v) is 14.4. The molecule has 0 atom stereocenters. The maximum absolute atomic E-state index is 13.6. The number of aromatic nitrogens is 6. The Morgan fingerprint density at radius 3 is 2.62 bits per heavy atom. The number of rotatable bonds is 11. The van der Waals surface area contributed by atoms with Gasteiger partial charge in [-0.05, 0) is 60.2 Å². The van der Waals surface area contributed by atoms with Crippen molar-refractivity contribution in [2.24, 2.45) is 0 Å². The van der Waals surface area contributed by atoms with Crippen LogP contribution in [0.3, 0.4) is 0 Å². The highest BCUT2D eigenvalue weighted by Crippen LogP contribution is 2.28. The van der Waals surface area contributed by atoms with E-state index in [-0.39, 0.29) is 12.1 Å². The molecule has 3 heterocycles. The van der Waals surface area contributed by atoms with Gasteiger partial charge in [0.15, 0.2) is 17.5 Å². The third-order valence-corrected chi connectivity index (χ3v) is 7.44. The Balaban J connectivity index is 1.21. The van der Waals surface area contributed by atoms with E-state index in [1.54, 1.807) is 55.4 Å².